The first kappa shape index (κ1) is 24.3. The topological polar surface area (TPSA) is 43.4 Å². The fraction of sp³-hybridized carbons (Fsp3) is 0.931. The van der Waals surface area contributed by atoms with E-state index in [1.165, 1.54) is 44.9 Å². The molecule has 0 aliphatic heterocycles. The number of esters is 1. The van der Waals surface area contributed by atoms with Gasteiger partial charge in [0.2, 0.25) is 0 Å². The minimum atomic E-state index is -0.109. The van der Waals surface area contributed by atoms with Gasteiger partial charge in [0.1, 0.15) is 11.9 Å². The average molecular weight is 445 g/mol. The molecule has 0 spiro atoms. The third kappa shape index (κ3) is 4.20. The number of ether oxygens (including phenoxy) is 1. The van der Waals surface area contributed by atoms with E-state index in [1.807, 2.05) is 13.8 Å². The summed E-state index contributed by atoms with van der Waals surface area (Å²) < 4.78 is 5.64. The van der Waals surface area contributed by atoms with Gasteiger partial charge in [-0.25, -0.2) is 0 Å². The highest BCUT2D eigenvalue weighted by Crippen LogP contribution is 2.68. The Bertz CT molecular complexity index is 713. The van der Waals surface area contributed by atoms with Gasteiger partial charge in [-0.2, -0.15) is 0 Å². The van der Waals surface area contributed by atoms with Crippen molar-refractivity contribution in [1.29, 1.82) is 0 Å². The molecule has 4 rings (SSSR count). The summed E-state index contributed by atoms with van der Waals surface area (Å²) in [6.07, 6.45) is 13.6. The Kier molecular flexibility index (Phi) is 6.87. The average Bonchev–Trinajstić information content (AvgIpc) is 3.08. The molecular formula is C29H48O3. The van der Waals surface area contributed by atoms with E-state index in [4.69, 9.17) is 4.74 Å². The predicted molar refractivity (Wildman–Crippen MR) is 129 cm³/mol. The molecular weight excluding hydrogens is 396 g/mol. The van der Waals surface area contributed by atoms with E-state index in [2.05, 4.69) is 20.8 Å². The SMILES string of the molecule is CC(=O)O[C@@H]1CC[C@@]2(C)[C@H](CC[C@@H]3[C@@H]2CC[C@]2(C)[C@@H]([C@H](C)CCC(=O)C(C)C)CC[C@@H]32)C1. The van der Waals surface area contributed by atoms with E-state index in [9.17, 15) is 9.59 Å². The second kappa shape index (κ2) is 9.06. The van der Waals surface area contributed by atoms with Crippen LogP contribution < -0.4 is 0 Å². The van der Waals surface area contributed by atoms with Crippen molar-refractivity contribution in [3.63, 3.8) is 0 Å². The summed E-state index contributed by atoms with van der Waals surface area (Å²) >= 11 is 0. The zero-order valence-electron chi connectivity index (χ0n) is 21.6. The van der Waals surface area contributed by atoms with Crippen LogP contribution in [0.1, 0.15) is 112 Å². The van der Waals surface area contributed by atoms with Crippen molar-refractivity contribution < 1.29 is 14.3 Å². The summed E-state index contributed by atoms with van der Waals surface area (Å²) in [6.45, 7) is 13.3. The van der Waals surface area contributed by atoms with E-state index in [-0.39, 0.29) is 18.0 Å². The maximum Gasteiger partial charge on any atom is 0.302 e. The Labute approximate surface area is 196 Å². The molecule has 0 N–H and O–H groups in total. The first-order valence-electron chi connectivity index (χ1n) is 13.8. The fourth-order valence-electron chi connectivity index (χ4n) is 9.40. The van der Waals surface area contributed by atoms with Crippen molar-refractivity contribution in [3.8, 4) is 0 Å². The molecule has 4 aliphatic carbocycles. The van der Waals surface area contributed by atoms with Crippen molar-refractivity contribution in [3.05, 3.63) is 0 Å². The summed E-state index contributed by atoms with van der Waals surface area (Å²) in [5, 5.41) is 0. The lowest BCUT2D eigenvalue weighted by molar-refractivity contribution is -0.160. The minimum Gasteiger partial charge on any atom is -0.463 e. The largest absolute Gasteiger partial charge is 0.463 e. The van der Waals surface area contributed by atoms with Crippen molar-refractivity contribution in [1.82, 2.24) is 0 Å². The standard InChI is InChI=1S/C29H48O3/c1-18(2)27(31)12-7-19(3)24-10-11-25-23-9-8-21-17-22(32-20(4)30)13-15-28(21,5)26(23)14-16-29(24,25)6/h18-19,21-26H,7-17H2,1-6H3/t19-,21-,22-,23+,24-,25+,26+,28+,29-/m1/s1. The zero-order chi connectivity index (χ0) is 23.3. The normalized spacial score (nSPS) is 44.3. The molecule has 0 amide bonds. The molecule has 4 saturated carbocycles. The molecule has 0 radical (unpaired) electrons. The molecule has 4 aliphatic rings. The summed E-state index contributed by atoms with van der Waals surface area (Å²) in [4.78, 5) is 23.7. The van der Waals surface area contributed by atoms with E-state index in [0.717, 1.165) is 55.3 Å². The van der Waals surface area contributed by atoms with Gasteiger partial charge >= 0.3 is 5.97 Å². The maximum absolute atomic E-state index is 12.2. The molecule has 9 atom stereocenters. The van der Waals surface area contributed by atoms with Crippen LogP contribution in [0.15, 0.2) is 0 Å². The smallest absolute Gasteiger partial charge is 0.302 e. The Morgan fingerprint density at radius 2 is 1.59 bits per heavy atom. The number of fused-ring (bicyclic) bond motifs is 5. The van der Waals surface area contributed by atoms with Gasteiger partial charge in [-0.3, -0.25) is 9.59 Å². The molecule has 0 aromatic carbocycles. The van der Waals surface area contributed by atoms with Crippen molar-refractivity contribution in [2.75, 3.05) is 0 Å². The summed E-state index contributed by atoms with van der Waals surface area (Å²) in [5.74, 6) is 5.30. The van der Waals surface area contributed by atoms with Crippen LogP contribution in [-0.2, 0) is 14.3 Å². The van der Waals surface area contributed by atoms with Gasteiger partial charge < -0.3 is 4.74 Å². The summed E-state index contributed by atoms with van der Waals surface area (Å²) in [7, 11) is 0. The lowest BCUT2D eigenvalue weighted by atomic mass is 9.44. The molecule has 182 valence electrons. The van der Waals surface area contributed by atoms with Gasteiger partial charge in [-0.05, 0) is 111 Å². The molecule has 32 heavy (non-hydrogen) atoms. The Balaban J connectivity index is 1.44. The molecule has 0 saturated heterocycles. The van der Waals surface area contributed by atoms with Gasteiger partial charge in [0.05, 0.1) is 0 Å². The third-order valence-electron chi connectivity index (χ3n) is 11.2. The molecule has 0 aromatic rings. The van der Waals surface area contributed by atoms with Crippen molar-refractivity contribution >= 4 is 11.8 Å². The van der Waals surface area contributed by atoms with Gasteiger partial charge in [0, 0.05) is 19.3 Å². The highest BCUT2D eigenvalue weighted by molar-refractivity contribution is 5.80. The number of hydrogen-bond acceptors (Lipinski definition) is 3. The number of rotatable bonds is 6. The molecule has 0 bridgehead atoms. The van der Waals surface area contributed by atoms with Crippen LogP contribution >= 0.6 is 0 Å². The summed E-state index contributed by atoms with van der Waals surface area (Å²) in [6, 6.07) is 0. The molecule has 0 unspecified atom stereocenters. The molecule has 4 fully saturated rings. The number of hydrogen-bond donors (Lipinski definition) is 0. The maximum atomic E-state index is 12.2. The molecule has 3 heteroatoms. The minimum absolute atomic E-state index is 0.109. The second-order valence-electron chi connectivity index (χ2n) is 13.0. The molecule has 3 nitrogen and oxygen atoms in total. The number of Topliss-reactive ketones (excluding diaryl/α,β-unsaturated/α-hetero) is 1. The Hall–Kier alpha value is -0.860. The number of carbonyl (C=O) groups is 2. The Morgan fingerprint density at radius 3 is 2.28 bits per heavy atom. The monoisotopic (exact) mass is 444 g/mol. The quantitative estimate of drug-likeness (QED) is 0.406. The first-order valence-corrected chi connectivity index (χ1v) is 13.8. The van der Waals surface area contributed by atoms with Gasteiger partial charge in [-0.15, -0.1) is 0 Å². The lowest BCUT2D eigenvalue weighted by Crippen LogP contribution is -2.54. The number of ketones is 1. The Morgan fingerprint density at radius 1 is 0.906 bits per heavy atom. The van der Waals surface area contributed by atoms with Crippen LogP contribution in [-0.4, -0.2) is 17.9 Å². The predicted octanol–water partition coefficient (Wildman–Crippen LogP) is 7.22. The van der Waals surface area contributed by atoms with Crippen molar-refractivity contribution in [2.45, 2.75) is 118 Å². The van der Waals surface area contributed by atoms with Gasteiger partial charge in [0.15, 0.2) is 0 Å². The van der Waals surface area contributed by atoms with E-state index >= 15 is 0 Å². The molecule has 0 heterocycles. The van der Waals surface area contributed by atoms with Crippen molar-refractivity contribution in [2.24, 2.45) is 52.3 Å². The van der Waals surface area contributed by atoms with Crippen LogP contribution in [0.2, 0.25) is 0 Å². The van der Waals surface area contributed by atoms with Crippen LogP contribution in [0, 0.1) is 52.3 Å². The highest BCUT2D eigenvalue weighted by atomic mass is 16.5. The highest BCUT2D eigenvalue weighted by Gasteiger charge is 2.60. The second-order valence-corrected chi connectivity index (χ2v) is 13.0. The van der Waals surface area contributed by atoms with Crippen LogP contribution in [0.25, 0.3) is 0 Å². The van der Waals surface area contributed by atoms with E-state index < -0.39 is 0 Å². The first-order chi connectivity index (χ1) is 15.1. The summed E-state index contributed by atoms with van der Waals surface area (Å²) in [5.41, 5.74) is 0.911. The fourth-order valence-corrected chi connectivity index (χ4v) is 9.40. The van der Waals surface area contributed by atoms with Crippen LogP contribution in [0.4, 0.5) is 0 Å². The third-order valence-corrected chi connectivity index (χ3v) is 11.2. The lowest BCUT2D eigenvalue weighted by Gasteiger charge is -2.61. The van der Waals surface area contributed by atoms with Gasteiger partial charge in [0.25, 0.3) is 0 Å². The van der Waals surface area contributed by atoms with Crippen LogP contribution in [0.5, 0.6) is 0 Å². The van der Waals surface area contributed by atoms with E-state index in [0.29, 0.717) is 22.5 Å². The number of carbonyl (C=O) groups excluding carboxylic acids is 2. The zero-order valence-corrected chi connectivity index (χ0v) is 21.6. The van der Waals surface area contributed by atoms with Crippen LogP contribution in [0.3, 0.4) is 0 Å². The van der Waals surface area contributed by atoms with E-state index in [1.54, 1.807) is 6.92 Å². The molecule has 0 aromatic heterocycles. The van der Waals surface area contributed by atoms with Gasteiger partial charge in [-0.1, -0.05) is 34.6 Å².